The third-order valence-corrected chi connectivity index (χ3v) is 5.67. The number of amides is 1. The number of fused-ring (bicyclic) bond motifs is 1. The van der Waals surface area contributed by atoms with Gasteiger partial charge in [-0.2, -0.15) is 5.10 Å². The number of aromatic nitrogens is 3. The lowest BCUT2D eigenvalue weighted by molar-refractivity contribution is 0.0932. The highest BCUT2D eigenvalue weighted by molar-refractivity contribution is 5.97. The summed E-state index contributed by atoms with van der Waals surface area (Å²) < 4.78 is 16.6. The van der Waals surface area contributed by atoms with Gasteiger partial charge in [-0.3, -0.25) is 9.59 Å². The molecule has 0 radical (unpaired) electrons. The van der Waals surface area contributed by atoms with Gasteiger partial charge in [0.2, 0.25) is 5.43 Å². The fraction of sp³-hybridized carbons (Fsp3) is 0.409. The highest BCUT2D eigenvalue weighted by Gasteiger charge is 2.22. The normalized spacial score (nSPS) is 15.4. The molecule has 1 saturated carbocycles. The lowest BCUT2D eigenvalue weighted by Crippen LogP contribution is -2.37. The van der Waals surface area contributed by atoms with Crippen molar-refractivity contribution >= 4 is 16.9 Å². The molecule has 1 aromatic carbocycles. The SMILES string of the molecule is Cc1nn(-c2ccc(F)cc2)c2c1c(=O)c(C(=O)NC1CCCCCC1)cn2C. The summed E-state index contributed by atoms with van der Waals surface area (Å²) in [4.78, 5) is 26.0. The molecule has 1 N–H and O–H groups in total. The Kier molecular flexibility index (Phi) is 5.22. The van der Waals surface area contributed by atoms with E-state index in [1.807, 2.05) is 0 Å². The highest BCUT2D eigenvalue weighted by atomic mass is 19.1. The largest absolute Gasteiger partial charge is 0.349 e. The average molecular weight is 396 g/mol. The van der Waals surface area contributed by atoms with E-state index in [1.54, 1.807) is 41.5 Å². The molecule has 29 heavy (non-hydrogen) atoms. The van der Waals surface area contributed by atoms with Crippen molar-refractivity contribution in [2.24, 2.45) is 7.05 Å². The van der Waals surface area contributed by atoms with Crippen molar-refractivity contribution in [2.45, 2.75) is 51.5 Å². The number of nitrogens with one attached hydrogen (secondary N) is 1. The smallest absolute Gasteiger partial charge is 0.256 e. The summed E-state index contributed by atoms with van der Waals surface area (Å²) in [5, 5.41) is 7.94. The molecule has 2 heterocycles. The van der Waals surface area contributed by atoms with Crippen LogP contribution in [-0.4, -0.2) is 26.3 Å². The molecule has 6 nitrogen and oxygen atoms in total. The summed E-state index contributed by atoms with van der Waals surface area (Å²) in [6.45, 7) is 1.75. The van der Waals surface area contributed by atoms with Crippen LogP contribution in [0.15, 0.2) is 35.3 Å². The van der Waals surface area contributed by atoms with Crippen LogP contribution >= 0.6 is 0 Å². The van der Waals surface area contributed by atoms with Gasteiger partial charge >= 0.3 is 0 Å². The molecular formula is C22H25FN4O2. The quantitative estimate of drug-likeness (QED) is 0.688. The van der Waals surface area contributed by atoms with Crippen molar-refractivity contribution in [2.75, 3.05) is 0 Å². The zero-order chi connectivity index (χ0) is 20.5. The van der Waals surface area contributed by atoms with Gasteiger partial charge < -0.3 is 9.88 Å². The fourth-order valence-corrected chi connectivity index (χ4v) is 4.17. The number of hydrogen-bond acceptors (Lipinski definition) is 3. The van der Waals surface area contributed by atoms with E-state index < -0.39 is 0 Å². The summed E-state index contributed by atoms with van der Waals surface area (Å²) in [6, 6.07) is 6.04. The molecule has 4 rings (SSSR count). The first-order chi connectivity index (χ1) is 14.0. The summed E-state index contributed by atoms with van der Waals surface area (Å²) in [7, 11) is 1.78. The second-order valence-corrected chi connectivity index (χ2v) is 7.82. The van der Waals surface area contributed by atoms with Gasteiger partial charge in [-0.15, -0.1) is 0 Å². The van der Waals surface area contributed by atoms with Crippen molar-refractivity contribution in [3.8, 4) is 5.69 Å². The molecule has 152 valence electrons. The van der Waals surface area contributed by atoms with Gasteiger partial charge in [0.15, 0.2) is 0 Å². The van der Waals surface area contributed by atoms with Gasteiger partial charge in [0.05, 0.1) is 16.8 Å². The van der Waals surface area contributed by atoms with E-state index in [9.17, 15) is 14.0 Å². The summed E-state index contributed by atoms with van der Waals surface area (Å²) in [6.07, 6.45) is 8.07. The van der Waals surface area contributed by atoms with Gasteiger partial charge in [0.1, 0.15) is 17.0 Å². The molecule has 7 heteroatoms. The van der Waals surface area contributed by atoms with E-state index in [4.69, 9.17) is 0 Å². The first-order valence-corrected chi connectivity index (χ1v) is 10.1. The zero-order valence-electron chi connectivity index (χ0n) is 16.7. The lowest BCUT2D eigenvalue weighted by atomic mass is 10.1. The Balaban J connectivity index is 1.75. The highest BCUT2D eigenvalue weighted by Crippen LogP contribution is 2.21. The van der Waals surface area contributed by atoms with Crippen LogP contribution < -0.4 is 10.7 Å². The van der Waals surface area contributed by atoms with Crippen LogP contribution in [0, 0.1) is 12.7 Å². The minimum absolute atomic E-state index is 0.119. The van der Waals surface area contributed by atoms with Crippen LogP contribution in [-0.2, 0) is 7.05 Å². The molecule has 1 fully saturated rings. The number of aryl methyl sites for hydroxylation is 2. The Morgan fingerprint density at radius 1 is 1.14 bits per heavy atom. The minimum Gasteiger partial charge on any atom is -0.349 e. The third-order valence-electron chi connectivity index (χ3n) is 5.67. The standard InChI is InChI=1S/C22H25FN4O2/c1-14-19-20(28)18(21(29)24-16-7-5-3-4-6-8-16)13-26(2)22(19)27(25-14)17-11-9-15(23)10-12-17/h9-13,16H,3-8H2,1-2H3,(H,24,29). The number of hydrogen-bond donors (Lipinski definition) is 1. The molecule has 1 aliphatic rings. The predicted molar refractivity (Wildman–Crippen MR) is 110 cm³/mol. The van der Waals surface area contributed by atoms with E-state index in [1.165, 1.54) is 25.0 Å². The molecule has 0 saturated heterocycles. The maximum absolute atomic E-state index is 13.3. The topological polar surface area (TPSA) is 68.9 Å². The van der Waals surface area contributed by atoms with E-state index in [-0.39, 0.29) is 28.8 Å². The van der Waals surface area contributed by atoms with Crippen LogP contribution in [0.2, 0.25) is 0 Å². The van der Waals surface area contributed by atoms with Gasteiger partial charge in [-0.25, -0.2) is 9.07 Å². The number of halogens is 1. The molecule has 1 aliphatic carbocycles. The van der Waals surface area contributed by atoms with Crippen molar-refractivity contribution in [3.05, 3.63) is 57.8 Å². The zero-order valence-corrected chi connectivity index (χ0v) is 16.7. The number of carbonyl (C=O) groups is 1. The van der Waals surface area contributed by atoms with E-state index in [2.05, 4.69) is 10.4 Å². The van der Waals surface area contributed by atoms with Crippen molar-refractivity contribution in [1.29, 1.82) is 0 Å². The Morgan fingerprint density at radius 3 is 2.45 bits per heavy atom. The maximum Gasteiger partial charge on any atom is 0.256 e. The molecule has 0 unspecified atom stereocenters. The lowest BCUT2D eigenvalue weighted by Gasteiger charge is -2.16. The van der Waals surface area contributed by atoms with Crippen LogP contribution in [0.3, 0.4) is 0 Å². The van der Waals surface area contributed by atoms with Crippen molar-refractivity contribution in [1.82, 2.24) is 19.7 Å². The second kappa shape index (κ2) is 7.81. The van der Waals surface area contributed by atoms with Crippen LogP contribution in [0.1, 0.15) is 54.6 Å². The van der Waals surface area contributed by atoms with Crippen molar-refractivity contribution in [3.63, 3.8) is 0 Å². The van der Waals surface area contributed by atoms with E-state index >= 15 is 0 Å². The predicted octanol–water partition coefficient (Wildman–Crippen LogP) is 3.62. The number of rotatable bonds is 3. The first kappa shape index (κ1) is 19.4. The number of carbonyl (C=O) groups excluding carboxylic acids is 1. The number of benzene rings is 1. The van der Waals surface area contributed by atoms with Gasteiger partial charge in [0, 0.05) is 19.3 Å². The minimum atomic E-state index is -0.340. The monoisotopic (exact) mass is 396 g/mol. The Morgan fingerprint density at radius 2 is 1.79 bits per heavy atom. The third kappa shape index (κ3) is 3.69. The first-order valence-electron chi connectivity index (χ1n) is 10.1. The summed E-state index contributed by atoms with van der Waals surface area (Å²) >= 11 is 0. The van der Waals surface area contributed by atoms with Crippen molar-refractivity contribution < 1.29 is 9.18 Å². The molecular weight excluding hydrogens is 371 g/mol. The number of nitrogens with zero attached hydrogens (tertiary/aromatic N) is 3. The molecule has 3 aromatic rings. The molecule has 0 bridgehead atoms. The average Bonchev–Trinajstić information content (AvgIpc) is 2.87. The maximum atomic E-state index is 13.3. The summed E-state index contributed by atoms with van der Waals surface area (Å²) in [5.41, 5.74) is 1.57. The van der Waals surface area contributed by atoms with Crippen LogP contribution in [0.25, 0.3) is 16.7 Å². The van der Waals surface area contributed by atoms with Gasteiger partial charge in [0.25, 0.3) is 5.91 Å². The Bertz CT molecular complexity index is 1110. The van der Waals surface area contributed by atoms with E-state index in [0.717, 1.165) is 25.7 Å². The van der Waals surface area contributed by atoms with Crippen LogP contribution in [0.4, 0.5) is 4.39 Å². The van der Waals surface area contributed by atoms with Gasteiger partial charge in [-0.05, 0) is 44.0 Å². The summed E-state index contributed by atoms with van der Waals surface area (Å²) in [5.74, 6) is -0.665. The molecule has 0 atom stereocenters. The fourth-order valence-electron chi connectivity index (χ4n) is 4.17. The molecule has 1 amide bonds. The van der Waals surface area contributed by atoms with Gasteiger partial charge in [-0.1, -0.05) is 25.7 Å². The van der Waals surface area contributed by atoms with Crippen LogP contribution in [0.5, 0.6) is 0 Å². The second-order valence-electron chi connectivity index (χ2n) is 7.82. The molecule has 0 aliphatic heterocycles. The number of pyridine rings is 1. The Labute approximate surface area is 168 Å². The molecule has 0 spiro atoms. The molecule has 2 aromatic heterocycles. The Hall–Kier alpha value is -2.96. The van der Waals surface area contributed by atoms with E-state index in [0.29, 0.717) is 22.4 Å².